The number of furan rings is 1. The van der Waals surface area contributed by atoms with Gasteiger partial charge in [-0.15, -0.1) is 11.3 Å². The van der Waals surface area contributed by atoms with Gasteiger partial charge in [-0.2, -0.15) is 0 Å². The van der Waals surface area contributed by atoms with E-state index in [4.69, 9.17) is 9.15 Å². The summed E-state index contributed by atoms with van der Waals surface area (Å²) in [7, 11) is 0. The second kappa shape index (κ2) is 9.82. The van der Waals surface area contributed by atoms with E-state index in [1.807, 2.05) is 48.7 Å². The van der Waals surface area contributed by atoms with Crippen LogP contribution in [0.5, 0.6) is 0 Å². The molecule has 1 aliphatic heterocycles. The topological polar surface area (TPSA) is 88.8 Å². The summed E-state index contributed by atoms with van der Waals surface area (Å²) in [5.74, 6) is -0.883. The lowest BCUT2D eigenvalue weighted by atomic mass is 9.87. The van der Waals surface area contributed by atoms with Gasteiger partial charge in [0.25, 0.3) is 5.91 Å². The molecule has 2 amide bonds. The highest BCUT2D eigenvalue weighted by atomic mass is 32.1. The Labute approximate surface area is 190 Å². The number of aryl methyl sites for hydroxylation is 1. The molecule has 1 N–H and O–H groups in total. The Balaban J connectivity index is 1.48. The van der Waals surface area contributed by atoms with Crippen molar-refractivity contribution in [3.8, 4) is 0 Å². The van der Waals surface area contributed by atoms with Crippen LogP contribution in [-0.2, 0) is 25.7 Å². The van der Waals surface area contributed by atoms with E-state index in [0.29, 0.717) is 12.2 Å². The molecule has 4 rings (SSSR count). The van der Waals surface area contributed by atoms with Gasteiger partial charge in [-0.25, -0.2) is 0 Å². The molecule has 166 valence electrons. The second-order valence-corrected chi connectivity index (χ2v) is 8.65. The van der Waals surface area contributed by atoms with Crippen molar-refractivity contribution in [1.29, 1.82) is 0 Å². The van der Waals surface area contributed by atoms with Crippen LogP contribution in [0.2, 0.25) is 0 Å². The molecule has 1 saturated heterocycles. The molecule has 1 fully saturated rings. The molecular formula is C24H24N2O5S. The van der Waals surface area contributed by atoms with Crippen LogP contribution in [0.4, 0.5) is 5.69 Å². The Kier molecular flexibility index (Phi) is 6.70. The summed E-state index contributed by atoms with van der Waals surface area (Å²) >= 11 is 1.49. The van der Waals surface area contributed by atoms with Crippen LogP contribution in [-0.4, -0.2) is 24.4 Å². The molecule has 8 heteroatoms. The quantitative estimate of drug-likeness (QED) is 0.548. The molecule has 1 aliphatic rings. The van der Waals surface area contributed by atoms with Crippen LogP contribution in [0, 0.1) is 12.8 Å². The third-order valence-corrected chi connectivity index (χ3v) is 6.38. The standard InChI is InChI=1S/C24H24N2O5S/c1-16-6-8-17(9-7-16)26-22(28)11-10-19(23(26)20-5-3-13-32-20)24(29)31-15-21(27)25-14-18-4-2-12-30-18/h2-9,12-13,19,23H,10-11,14-15H2,1H3,(H,25,27). The number of carbonyl (C=O) groups excluding carboxylic acids is 3. The van der Waals surface area contributed by atoms with Gasteiger partial charge < -0.3 is 19.4 Å². The zero-order valence-electron chi connectivity index (χ0n) is 17.7. The van der Waals surface area contributed by atoms with Gasteiger partial charge in [0.1, 0.15) is 5.76 Å². The van der Waals surface area contributed by atoms with Crippen molar-refractivity contribution in [2.45, 2.75) is 32.4 Å². The molecule has 0 saturated carbocycles. The number of piperidine rings is 1. The number of thiophene rings is 1. The first kappa shape index (κ1) is 21.8. The molecule has 0 spiro atoms. The van der Waals surface area contributed by atoms with Gasteiger partial charge in [-0.3, -0.25) is 14.4 Å². The number of benzene rings is 1. The summed E-state index contributed by atoms with van der Waals surface area (Å²) in [4.78, 5) is 40.7. The Morgan fingerprint density at radius 2 is 2.00 bits per heavy atom. The van der Waals surface area contributed by atoms with E-state index < -0.39 is 23.8 Å². The fourth-order valence-corrected chi connectivity index (χ4v) is 4.71. The number of rotatable bonds is 7. The van der Waals surface area contributed by atoms with Crippen molar-refractivity contribution in [3.05, 3.63) is 76.4 Å². The minimum atomic E-state index is -0.564. The number of amides is 2. The third kappa shape index (κ3) is 4.91. The maximum atomic E-state index is 13.0. The normalized spacial score (nSPS) is 18.4. The number of hydrogen-bond acceptors (Lipinski definition) is 6. The van der Waals surface area contributed by atoms with Gasteiger partial charge >= 0.3 is 5.97 Å². The monoisotopic (exact) mass is 452 g/mol. The largest absolute Gasteiger partial charge is 0.467 e. The Hall–Kier alpha value is -3.39. The number of ether oxygens (including phenoxy) is 1. The number of esters is 1. The van der Waals surface area contributed by atoms with Crippen molar-refractivity contribution in [2.24, 2.45) is 5.92 Å². The van der Waals surface area contributed by atoms with E-state index >= 15 is 0 Å². The molecule has 2 aromatic heterocycles. The van der Waals surface area contributed by atoms with Gasteiger partial charge in [0.05, 0.1) is 24.8 Å². The summed E-state index contributed by atoms with van der Waals surface area (Å²) in [6, 6.07) is 14.5. The van der Waals surface area contributed by atoms with Crippen LogP contribution in [0.1, 0.15) is 35.1 Å². The summed E-state index contributed by atoms with van der Waals surface area (Å²) in [5, 5.41) is 4.58. The molecule has 0 radical (unpaired) electrons. The summed E-state index contributed by atoms with van der Waals surface area (Å²) in [5.41, 5.74) is 1.83. The first-order valence-electron chi connectivity index (χ1n) is 10.4. The van der Waals surface area contributed by atoms with Gasteiger partial charge in [0.2, 0.25) is 5.91 Å². The number of nitrogens with one attached hydrogen (secondary N) is 1. The molecule has 7 nitrogen and oxygen atoms in total. The Morgan fingerprint density at radius 1 is 1.19 bits per heavy atom. The third-order valence-electron chi connectivity index (χ3n) is 5.43. The number of nitrogens with zero attached hydrogens (tertiary/aromatic N) is 1. The fourth-order valence-electron chi connectivity index (χ4n) is 3.83. The molecule has 2 atom stereocenters. The average Bonchev–Trinajstić information content (AvgIpc) is 3.51. The molecule has 32 heavy (non-hydrogen) atoms. The van der Waals surface area contributed by atoms with Gasteiger partial charge in [0, 0.05) is 17.0 Å². The summed E-state index contributed by atoms with van der Waals surface area (Å²) in [6.07, 6.45) is 2.13. The minimum Gasteiger partial charge on any atom is -0.467 e. The number of anilines is 1. The number of carbonyl (C=O) groups is 3. The lowest BCUT2D eigenvalue weighted by Crippen LogP contribution is -2.46. The van der Waals surface area contributed by atoms with Crippen molar-refractivity contribution in [1.82, 2.24) is 5.32 Å². The van der Waals surface area contributed by atoms with Gasteiger partial charge in [0.15, 0.2) is 6.61 Å². The highest BCUT2D eigenvalue weighted by molar-refractivity contribution is 7.10. The molecule has 3 heterocycles. The second-order valence-electron chi connectivity index (χ2n) is 7.67. The molecule has 2 unspecified atom stereocenters. The lowest BCUT2D eigenvalue weighted by molar-refractivity contribution is -0.154. The molecular weight excluding hydrogens is 428 g/mol. The SMILES string of the molecule is Cc1ccc(N2C(=O)CCC(C(=O)OCC(=O)NCc3ccco3)C2c2cccs2)cc1. The van der Waals surface area contributed by atoms with Crippen molar-refractivity contribution in [2.75, 3.05) is 11.5 Å². The summed E-state index contributed by atoms with van der Waals surface area (Å²) in [6.45, 7) is 1.82. The van der Waals surface area contributed by atoms with Crippen molar-refractivity contribution >= 4 is 34.8 Å². The van der Waals surface area contributed by atoms with Gasteiger partial charge in [-0.05, 0) is 49.1 Å². The zero-order chi connectivity index (χ0) is 22.5. The van der Waals surface area contributed by atoms with Crippen molar-refractivity contribution in [3.63, 3.8) is 0 Å². The fraction of sp³-hybridized carbons (Fsp3) is 0.292. The number of hydrogen-bond donors (Lipinski definition) is 1. The van der Waals surface area contributed by atoms with E-state index in [9.17, 15) is 14.4 Å². The van der Waals surface area contributed by atoms with E-state index in [0.717, 1.165) is 16.1 Å². The van der Waals surface area contributed by atoms with E-state index in [1.54, 1.807) is 17.0 Å². The Bertz CT molecular complexity index is 1060. The maximum absolute atomic E-state index is 13.0. The first-order valence-corrected chi connectivity index (χ1v) is 11.3. The Morgan fingerprint density at radius 3 is 2.69 bits per heavy atom. The van der Waals surface area contributed by atoms with Crippen LogP contribution in [0.15, 0.2) is 64.6 Å². The summed E-state index contributed by atoms with van der Waals surface area (Å²) < 4.78 is 10.5. The zero-order valence-corrected chi connectivity index (χ0v) is 18.5. The van der Waals surface area contributed by atoms with Crippen LogP contribution in [0.3, 0.4) is 0 Å². The predicted molar refractivity (Wildman–Crippen MR) is 120 cm³/mol. The van der Waals surface area contributed by atoms with E-state index in [-0.39, 0.29) is 25.5 Å². The van der Waals surface area contributed by atoms with Crippen molar-refractivity contribution < 1.29 is 23.5 Å². The van der Waals surface area contributed by atoms with Crippen LogP contribution >= 0.6 is 11.3 Å². The molecule has 3 aromatic rings. The van der Waals surface area contributed by atoms with Crippen LogP contribution in [0.25, 0.3) is 0 Å². The minimum absolute atomic E-state index is 0.0347. The van der Waals surface area contributed by atoms with Gasteiger partial charge in [-0.1, -0.05) is 23.8 Å². The lowest BCUT2D eigenvalue weighted by Gasteiger charge is -2.39. The maximum Gasteiger partial charge on any atom is 0.311 e. The average molecular weight is 453 g/mol. The first-order chi connectivity index (χ1) is 15.5. The smallest absolute Gasteiger partial charge is 0.311 e. The molecule has 1 aromatic carbocycles. The highest BCUT2D eigenvalue weighted by Crippen LogP contribution is 2.42. The van der Waals surface area contributed by atoms with E-state index in [1.165, 1.54) is 17.6 Å². The highest BCUT2D eigenvalue weighted by Gasteiger charge is 2.43. The van der Waals surface area contributed by atoms with E-state index in [2.05, 4.69) is 5.32 Å². The predicted octanol–water partition coefficient (Wildman–Crippen LogP) is 3.99. The molecule has 0 aliphatic carbocycles. The molecule has 0 bridgehead atoms. The van der Waals surface area contributed by atoms with Crippen LogP contribution < -0.4 is 10.2 Å².